The van der Waals surface area contributed by atoms with E-state index in [1.165, 1.54) is 24.3 Å². The smallest absolute Gasteiger partial charge is 0.406 e. The van der Waals surface area contributed by atoms with Gasteiger partial charge in [0, 0.05) is 17.3 Å². The minimum Gasteiger partial charge on any atom is -0.406 e. The molecule has 25 heavy (non-hydrogen) atoms. The first kappa shape index (κ1) is 17.0. The Morgan fingerprint density at radius 3 is 2.32 bits per heavy atom. The van der Waals surface area contributed by atoms with Crippen molar-refractivity contribution in [3.8, 4) is 28.1 Å². The zero-order chi connectivity index (χ0) is 18.0. The van der Waals surface area contributed by atoms with E-state index in [-0.39, 0.29) is 12.4 Å². The summed E-state index contributed by atoms with van der Waals surface area (Å²) in [7, 11) is 0. The van der Waals surface area contributed by atoms with Gasteiger partial charge in [-0.15, -0.1) is 13.2 Å². The molecule has 0 atom stereocenters. The van der Waals surface area contributed by atoms with Crippen molar-refractivity contribution in [2.75, 3.05) is 0 Å². The summed E-state index contributed by atoms with van der Waals surface area (Å²) < 4.78 is 45.4. The third kappa shape index (κ3) is 3.80. The van der Waals surface area contributed by atoms with Crippen molar-refractivity contribution in [1.29, 1.82) is 0 Å². The molecule has 0 spiro atoms. The molecule has 0 aliphatic heterocycles. The third-order valence-electron chi connectivity index (χ3n) is 3.52. The van der Waals surface area contributed by atoms with Crippen LogP contribution in [0.5, 0.6) is 5.75 Å². The van der Waals surface area contributed by atoms with E-state index in [9.17, 15) is 18.3 Å². The summed E-state index contributed by atoms with van der Waals surface area (Å²) >= 11 is 0. The molecule has 0 bridgehead atoms. The predicted octanol–water partition coefficient (Wildman–Crippen LogP) is 4.10. The number of rotatable bonds is 4. The molecular formula is C17H13F3N2O3. The molecule has 3 aromatic rings. The summed E-state index contributed by atoms with van der Waals surface area (Å²) in [6, 6.07) is 8.95. The van der Waals surface area contributed by atoms with Gasteiger partial charge in [0.05, 0.1) is 17.9 Å². The summed E-state index contributed by atoms with van der Waals surface area (Å²) in [5.41, 5.74) is 3.05. The number of aromatic nitrogens is 2. The van der Waals surface area contributed by atoms with E-state index in [4.69, 9.17) is 4.52 Å². The number of aryl methyl sites for hydroxylation is 1. The van der Waals surface area contributed by atoms with Crippen LogP contribution in [-0.2, 0) is 6.61 Å². The standard InChI is InChI=1S/C17H13F3N2O3/c1-10-16(15(9-23)22-25-10)12-4-7-14(21-8-12)11-2-5-13(6-3-11)24-17(18,19)20/h2-8,23H,9H2,1H3. The third-order valence-corrected chi connectivity index (χ3v) is 3.52. The average Bonchev–Trinajstić information content (AvgIpc) is 2.95. The van der Waals surface area contributed by atoms with Crippen molar-refractivity contribution in [3.05, 3.63) is 54.0 Å². The Bertz CT molecular complexity index is 856. The molecule has 0 saturated heterocycles. The molecule has 0 amide bonds. The summed E-state index contributed by atoms with van der Waals surface area (Å²) in [6.07, 6.45) is -3.13. The van der Waals surface area contributed by atoms with Crippen LogP contribution in [0.3, 0.4) is 0 Å². The molecule has 0 aliphatic rings. The second-order valence-electron chi connectivity index (χ2n) is 5.22. The van der Waals surface area contributed by atoms with Gasteiger partial charge in [0.25, 0.3) is 0 Å². The lowest BCUT2D eigenvalue weighted by molar-refractivity contribution is -0.274. The highest BCUT2D eigenvalue weighted by Crippen LogP contribution is 2.29. The van der Waals surface area contributed by atoms with Crippen LogP contribution in [0.2, 0.25) is 0 Å². The zero-order valence-corrected chi connectivity index (χ0v) is 13.0. The van der Waals surface area contributed by atoms with Gasteiger partial charge in [-0.25, -0.2) is 0 Å². The van der Waals surface area contributed by atoms with Crippen LogP contribution in [0.1, 0.15) is 11.5 Å². The van der Waals surface area contributed by atoms with Crippen LogP contribution in [0, 0.1) is 6.92 Å². The van der Waals surface area contributed by atoms with Crippen molar-refractivity contribution in [3.63, 3.8) is 0 Å². The Morgan fingerprint density at radius 1 is 1.08 bits per heavy atom. The molecule has 5 nitrogen and oxygen atoms in total. The molecule has 2 heterocycles. The van der Waals surface area contributed by atoms with E-state index in [2.05, 4.69) is 14.9 Å². The quantitative estimate of drug-likeness (QED) is 0.767. The van der Waals surface area contributed by atoms with Crippen molar-refractivity contribution in [2.24, 2.45) is 0 Å². The normalized spacial score (nSPS) is 11.6. The lowest BCUT2D eigenvalue weighted by Crippen LogP contribution is -2.16. The summed E-state index contributed by atoms with van der Waals surface area (Å²) in [6.45, 7) is 1.48. The van der Waals surface area contributed by atoms with Crippen LogP contribution in [0.4, 0.5) is 13.2 Å². The van der Waals surface area contributed by atoms with Crippen LogP contribution < -0.4 is 4.74 Å². The fourth-order valence-electron chi connectivity index (χ4n) is 2.44. The number of aliphatic hydroxyl groups is 1. The average molecular weight is 350 g/mol. The first-order valence-electron chi connectivity index (χ1n) is 7.26. The summed E-state index contributed by atoms with van der Waals surface area (Å²) in [5, 5.41) is 13.1. The highest BCUT2D eigenvalue weighted by Gasteiger charge is 2.30. The number of pyridine rings is 1. The van der Waals surface area contributed by atoms with E-state index in [0.29, 0.717) is 28.3 Å². The van der Waals surface area contributed by atoms with Gasteiger partial charge in [-0.1, -0.05) is 11.2 Å². The SMILES string of the molecule is Cc1onc(CO)c1-c1ccc(-c2ccc(OC(F)(F)F)cc2)nc1. The van der Waals surface area contributed by atoms with Crippen molar-refractivity contribution < 1.29 is 27.5 Å². The molecular weight excluding hydrogens is 337 g/mol. The second kappa shape index (κ2) is 6.56. The highest BCUT2D eigenvalue weighted by molar-refractivity contribution is 5.69. The lowest BCUT2D eigenvalue weighted by Gasteiger charge is -2.09. The molecule has 0 radical (unpaired) electrons. The van der Waals surface area contributed by atoms with Gasteiger partial charge < -0.3 is 14.4 Å². The van der Waals surface area contributed by atoms with E-state index in [0.717, 1.165) is 5.56 Å². The van der Waals surface area contributed by atoms with Crippen molar-refractivity contribution >= 4 is 0 Å². The molecule has 130 valence electrons. The number of hydrogen-bond donors (Lipinski definition) is 1. The Morgan fingerprint density at radius 2 is 1.76 bits per heavy atom. The maximum Gasteiger partial charge on any atom is 0.573 e. The van der Waals surface area contributed by atoms with Crippen LogP contribution >= 0.6 is 0 Å². The van der Waals surface area contributed by atoms with Crippen molar-refractivity contribution in [2.45, 2.75) is 19.9 Å². The van der Waals surface area contributed by atoms with E-state index < -0.39 is 6.36 Å². The topological polar surface area (TPSA) is 68.4 Å². The van der Waals surface area contributed by atoms with Gasteiger partial charge in [-0.3, -0.25) is 4.98 Å². The summed E-state index contributed by atoms with van der Waals surface area (Å²) in [4.78, 5) is 4.31. The molecule has 0 unspecified atom stereocenters. The first-order chi connectivity index (χ1) is 11.9. The second-order valence-corrected chi connectivity index (χ2v) is 5.22. The van der Waals surface area contributed by atoms with Gasteiger partial charge in [0.1, 0.15) is 17.2 Å². The molecule has 0 saturated carbocycles. The molecule has 2 aromatic heterocycles. The first-order valence-corrected chi connectivity index (χ1v) is 7.26. The number of benzene rings is 1. The largest absolute Gasteiger partial charge is 0.573 e. The monoisotopic (exact) mass is 350 g/mol. The predicted molar refractivity (Wildman–Crippen MR) is 82.5 cm³/mol. The van der Waals surface area contributed by atoms with Gasteiger partial charge in [-0.2, -0.15) is 0 Å². The fourth-order valence-corrected chi connectivity index (χ4v) is 2.44. The number of ether oxygens (including phenoxy) is 1. The maximum absolute atomic E-state index is 12.2. The van der Waals surface area contributed by atoms with Gasteiger partial charge in [-0.05, 0) is 37.3 Å². The number of aliphatic hydroxyl groups excluding tert-OH is 1. The molecule has 0 aliphatic carbocycles. The molecule has 3 rings (SSSR count). The molecule has 0 fully saturated rings. The van der Waals surface area contributed by atoms with Gasteiger partial charge >= 0.3 is 6.36 Å². The Balaban J connectivity index is 1.84. The maximum atomic E-state index is 12.2. The van der Waals surface area contributed by atoms with E-state index >= 15 is 0 Å². The highest BCUT2D eigenvalue weighted by atomic mass is 19.4. The van der Waals surface area contributed by atoms with E-state index in [1.807, 2.05) is 0 Å². The van der Waals surface area contributed by atoms with Crippen LogP contribution in [0.15, 0.2) is 47.1 Å². The van der Waals surface area contributed by atoms with Crippen molar-refractivity contribution in [1.82, 2.24) is 10.1 Å². The number of halogens is 3. The minimum atomic E-state index is -4.72. The molecule has 8 heteroatoms. The minimum absolute atomic E-state index is 0.255. The number of hydrogen-bond acceptors (Lipinski definition) is 5. The lowest BCUT2D eigenvalue weighted by atomic mass is 10.0. The van der Waals surface area contributed by atoms with Gasteiger partial charge in [0.2, 0.25) is 0 Å². The number of nitrogens with zero attached hydrogens (tertiary/aromatic N) is 2. The Kier molecular flexibility index (Phi) is 4.45. The van der Waals surface area contributed by atoms with Crippen LogP contribution in [0.25, 0.3) is 22.4 Å². The Hall–Kier alpha value is -2.87. The fraction of sp³-hybridized carbons (Fsp3) is 0.176. The summed E-state index contributed by atoms with van der Waals surface area (Å²) in [5.74, 6) is 0.271. The van der Waals surface area contributed by atoms with E-state index in [1.54, 1.807) is 25.3 Å². The zero-order valence-electron chi connectivity index (χ0n) is 13.0. The molecule has 1 aromatic carbocycles. The molecule has 1 N–H and O–H groups in total. The van der Waals surface area contributed by atoms with Gasteiger partial charge in [0.15, 0.2) is 0 Å². The van der Waals surface area contributed by atoms with Crippen LogP contribution in [-0.4, -0.2) is 21.6 Å². The Labute approximate surface area is 140 Å². The number of alkyl halides is 3.